The highest BCUT2D eigenvalue weighted by Gasteiger charge is 2.08. The van der Waals surface area contributed by atoms with Crippen LogP contribution in [0.1, 0.15) is 10.4 Å². The Bertz CT molecular complexity index is 555. The van der Waals surface area contributed by atoms with Gasteiger partial charge in [0.1, 0.15) is 11.4 Å². The summed E-state index contributed by atoms with van der Waals surface area (Å²) in [5.74, 6) is 0.659. The Hall–Kier alpha value is -1.87. The molecule has 86 valence electrons. The Labute approximate surface area is 104 Å². The first kappa shape index (κ1) is 11.6. The van der Waals surface area contributed by atoms with Crippen molar-refractivity contribution in [1.29, 1.82) is 0 Å². The minimum Gasteiger partial charge on any atom is -0.494 e. The number of aromatic nitrogens is 1. The molecule has 0 saturated carbocycles. The number of methoxy groups -OCH3 is 1. The van der Waals surface area contributed by atoms with Crippen LogP contribution >= 0.6 is 11.6 Å². The van der Waals surface area contributed by atoms with Gasteiger partial charge in [-0.25, -0.2) is 0 Å². The molecule has 0 N–H and O–H groups in total. The number of carbonyl (C=O) groups excluding carboxylic acids is 1. The van der Waals surface area contributed by atoms with Crippen LogP contribution in [-0.2, 0) is 0 Å². The molecule has 4 heteroatoms. The maximum absolute atomic E-state index is 10.8. The zero-order valence-corrected chi connectivity index (χ0v) is 9.94. The van der Waals surface area contributed by atoms with Gasteiger partial charge >= 0.3 is 0 Å². The second kappa shape index (κ2) is 4.97. The van der Waals surface area contributed by atoms with Gasteiger partial charge in [-0.05, 0) is 24.3 Å². The number of carbonyl (C=O) groups is 1. The number of rotatable bonds is 3. The van der Waals surface area contributed by atoms with Gasteiger partial charge in [0, 0.05) is 17.3 Å². The van der Waals surface area contributed by atoms with Crippen LogP contribution in [0.3, 0.4) is 0 Å². The van der Waals surface area contributed by atoms with Gasteiger partial charge in [-0.3, -0.25) is 9.78 Å². The summed E-state index contributed by atoms with van der Waals surface area (Å²) in [6.07, 6.45) is 2.40. The van der Waals surface area contributed by atoms with Gasteiger partial charge in [0.2, 0.25) is 0 Å². The van der Waals surface area contributed by atoms with Gasteiger partial charge in [0.15, 0.2) is 6.29 Å². The molecule has 0 aliphatic carbocycles. The molecule has 0 saturated heterocycles. The lowest BCUT2D eigenvalue weighted by molar-refractivity contribution is 0.112. The fourth-order valence-corrected chi connectivity index (χ4v) is 1.72. The number of benzene rings is 1. The fraction of sp³-hybridized carbons (Fsp3) is 0.0769. The molecule has 17 heavy (non-hydrogen) atoms. The Balaban J connectivity index is 2.56. The molecular weight excluding hydrogens is 238 g/mol. The summed E-state index contributed by atoms with van der Waals surface area (Å²) < 4.78 is 5.22. The quantitative estimate of drug-likeness (QED) is 0.782. The number of aldehydes is 1. The predicted octanol–water partition coefficient (Wildman–Crippen LogP) is 3.22. The van der Waals surface area contributed by atoms with E-state index in [1.807, 2.05) is 6.07 Å². The van der Waals surface area contributed by atoms with Crippen molar-refractivity contribution in [3.8, 4) is 17.0 Å². The molecular formula is C13H10ClNO2. The van der Waals surface area contributed by atoms with E-state index in [1.54, 1.807) is 37.6 Å². The Morgan fingerprint density at radius 3 is 2.88 bits per heavy atom. The van der Waals surface area contributed by atoms with E-state index in [0.717, 1.165) is 11.8 Å². The Morgan fingerprint density at radius 2 is 2.18 bits per heavy atom. The number of hydrogen-bond acceptors (Lipinski definition) is 3. The van der Waals surface area contributed by atoms with Crippen LogP contribution in [0.5, 0.6) is 5.75 Å². The van der Waals surface area contributed by atoms with E-state index in [9.17, 15) is 4.79 Å². The predicted molar refractivity (Wildman–Crippen MR) is 66.6 cm³/mol. The molecule has 0 fully saturated rings. The maximum atomic E-state index is 10.8. The molecule has 0 atom stereocenters. The number of pyridine rings is 1. The van der Waals surface area contributed by atoms with Crippen LogP contribution < -0.4 is 4.74 Å². The van der Waals surface area contributed by atoms with E-state index in [0.29, 0.717) is 22.0 Å². The van der Waals surface area contributed by atoms with Gasteiger partial charge in [-0.15, -0.1) is 0 Å². The molecule has 1 heterocycles. The molecule has 0 aliphatic rings. The summed E-state index contributed by atoms with van der Waals surface area (Å²) in [4.78, 5) is 15.1. The van der Waals surface area contributed by atoms with Crippen molar-refractivity contribution in [1.82, 2.24) is 4.98 Å². The smallest absolute Gasteiger partial charge is 0.151 e. The van der Waals surface area contributed by atoms with E-state index < -0.39 is 0 Å². The van der Waals surface area contributed by atoms with Gasteiger partial charge in [-0.2, -0.15) is 0 Å². The van der Waals surface area contributed by atoms with Gasteiger partial charge < -0.3 is 4.74 Å². The van der Waals surface area contributed by atoms with E-state index in [1.165, 1.54) is 0 Å². The average Bonchev–Trinajstić information content (AvgIpc) is 2.39. The summed E-state index contributed by atoms with van der Waals surface area (Å²) in [6.45, 7) is 0. The van der Waals surface area contributed by atoms with Crippen molar-refractivity contribution in [2.24, 2.45) is 0 Å². The minimum atomic E-state index is 0.429. The molecule has 1 aromatic heterocycles. The molecule has 0 unspecified atom stereocenters. The molecule has 0 aliphatic heterocycles. The van der Waals surface area contributed by atoms with Gasteiger partial charge in [-0.1, -0.05) is 17.7 Å². The zero-order chi connectivity index (χ0) is 12.3. The van der Waals surface area contributed by atoms with Crippen LogP contribution in [0.15, 0.2) is 36.5 Å². The molecule has 2 rings (SSSR count). The Morgan fingerprint density at radius 1 is 1.35 bits per heavy atom. The van der Waals surface area contributed by atoms with Crippen molar-refractivity contribution in [3.05, 3.63) is 47.1 Å². The van der Waals surface area contributed by atoms with Gasteiger partial charge in [0.25, 0.3) is 0 Å². The van der Waals surface area contributed by atoms with E-state index in [4.69, 9.17) is 16.3 Å². The number of ether oxygens (including phenoxy) is 1. The third-order valence-corrected chi connectivity index (χ3v) is 2.73. The topological polar surface area (TPSA) is 39.2 Å². The van der Waals surface area contributed by atoms with Crippen molar-refractivity contribution >= 4 is 17.9 Å². The molecule has 0 bridgehead atoms. The second-order valence-electron chi connectivity index (χ2n) is 3.41. The Kier molecular flexibility index (Phi) is 3.40. The largest absolute Gasteiger partial charge is 0.494 e. The van der Waals surface area contributed by atoms with Crippen LogP contribution in [-0.4, -0.2) is 18.4 Å². The molecule has 3 nitrogen and oxygen atoms in total. The minimum absolute atomic E-state index is 0.429. The first-order chi connectivity index (χ1) is 8.26. The zero-order valence-electron chi connectivity index (χ0n) is 9.18. The maximum Gasteiger partial charge on any atom is 0.151 e. The molecule has 2 aromatic rings. The summed E-state index contributed by atoms with van der Waals surface area (Å²) >= 11 is 5.87. The fourth-order valence-electron chi connectivity index (χ4n) is 1.55. The van der Waals surface area contributed by atoms with Crippen molar-refractivity contribution < 1.29 is 9.53 Å². The third-order valence-electron chi connectivity index (χ3n) is 2.39. The van der Waals surface area contributed by atoms with Crippen LogP contribution in [0, 0.1) is 0 Å². The SMILES string of the molecule is COc1cccnc1-c1ccc(Cl)c(C=O)c1. The van der Waals surface area contributed by atoms with Crippen LogP contribution in [0.25, 0.3) is 11.3 Å². The first-order valence-electron chi connectivity index (χ1n) is 5.00. The third kappa shape index (κ3) is 2.29. The van der Waals surface area contributed by atoms with E-state index >= 15 is 0 Å². The van der Waals surface area contributed by atoms with Gasteiger partial charge in [0.05, 0.1) is 12.1 Å². The van der Waals surface area contributed by atoms with Crippen LogP contribution in [0.4, 0.5) is 0 Å². The highest BCUT2D eigenvalue weighted by atomic mass is 35.5. The lowest BCUT2D eigenvalue weighted by atomic mass is 10.1. The van der Waals surface area contributed by atoms with E-state index in [-0.39, 0.29) is 0 Å². The summed E-state index contributed by atoms with van der Waals surface area (Å²) in [5, 5.41) is 0.429. The number of nitrogens with zero attached hydrogens (tertiary/aromatic N) is 1. The molecule has 0 spiro atoms. The number of halogens is 1. The van der Waals surface area contributed by atoms with E-state index in [2.05, 4.69) is 4.98 Å². The second-order valence-corrected chi connectivity index (χ2v) is 3.82. The highest BCUT2D eigenvalue weighted by molar-refractivity contribution is 6.33. The number of hydrogen-bond donors (Lipinski definition) is 0. The monoisotopic (exact) mass is 247 g/mol. The summed E-state index contributed by atoms with van der Waals surface area (Å²) in [6, 6.07) is 8.78. The highest BCUT2D eigenvalue weighted by Crippen LogP contribution is 2.29. The van der Waals surface area contributed by atoms with Crippen molar-refractivity contribution in [3.63, 3.8) is 0 Å². The van der Waals surface area contributed by atoms with Crippen LogP contribution in [0.2, 0.25) is 5.02 Å². The first-order valence-corrected chi connectivity index (χ1v) is 5.38. The molecule has 0 amide bonds. The standard InChI is InChI=1S/C13H10ClNO2/c1-17-12-3-2-6-15-13(12)9-4-5-11(14)10(7-9)8-16/h2-8H,1H3. The summed E-state index contributed by atoms with van der Waals surface area (Å²) in [7, 11) is 1.58. The molecule has 1 aromatic carbocycles. The lowest BCUT2D eigenvalue weighted by Gasteiger charge is -2.07. The lowest BCUT2D eigenvalue weighted by Crippen LogP contribution is -1.92. The normalized spacial score (nSPS) is 10.0. The average molecular weight is 248 g/mol. The summed E-state index contributed by atoms with van der Waals surface area (Å²) in [5.41, 5.74) is 1.93. The molecule has 0 radical (unpaired) electrons. The van der Waals surface area contributed by atoms with Crippen molar-refractivity contribution in [2.75, 3.05) is 7.11 Å². The van der Waals surface area contributed by atoms with Crippen molar-refractivity contribution in [2.45, 2.75) is 0 Å².